The first-order valence-corrected chi connectivity index (χ1v) is 20.0. The van der Waals surface area contributed by atoms with Gasteiger partial charge in [0.25, 0.3) is 0 Å². The maximum atomic E-state index is 14.4. The predicted molar refractivity (Wildman–Crippen MR) is 205 cm³/mol. The maximum absolute atomic E-state index is 14.4. The van der Waals surface area contributed by atoms with Crippen molar-refractivity contribution in [3.63, 3.8) is 0 Å². The molecule has 2 aromatic rings. The minimum Gasteiger partial charge on any atom is -0.461 e. The lowest BCUT2D eigenvalue weighted by Crippen LogP contribution is -2.55. The second-order valence-electron chi connectivity index (χ2n) is 15.8. The van der Waals surface area contributed by atoms with E-state index in [9.17, 15) is 19.2 Å². The van der Waals surface area contributed by atoms with Crippen molar-refractivity contribution in [2.75, 3.05) is 27.8 Å². The number of hydrogen-bond donors (Lipinski definition) is 1. The van der Waals surface area contributed by atoms with E-state index in [2.05, 4.69) is 25.2 Å². The van der Waals surface area contributed by atoms with Crippen LogP contribution in [-0.2, 0) is 47.7 Å². The Balaban J connectivity index is 1.42. The molecule has 17 heteroatoms. The third kappa shape index (κ3) is 9.44. The van der Waals surface area contributed by atoms with E-state index >= 15 is 0 Å². The molecule has 3 aliphatic rings. The Morgan fingerprint density at radius 2 is 1.77 bits per heavy atom. The molecule has 0 radical (unpaired) electrons. The Kier molecular flexibility index (Phi) is 14.0. The molecule has 0 spiro atoms. The molecule has 0 saturated carbocycles. The van der Waals surface area contributed by atoms with E-state index < -0.39 is 90.0 Å². The zero-order valence-electron chi connectivity index (χ0n) is 33.9. The fourth-order valence-electron chi connectivity index (χ4n) is 8.13. The van der Waals surface area contributed by atoms with Crippen LogP contribution in [0.4, 0.5) is 0 Å². The fraction of sp³-hybridized carbons (Fsp3) is 0.692. The predicted octanol–water partition coefficient (Wildman–Crippen LogP) is 3.98. The minimum absolute atomic E-state index is 0.106. The number of nitrogens with zero attached hydrogens (tertiary/aromatic N) is 5. The van der Waals surface area contributed by atoms with E-state index in [1.807, 2.05) is 33.2 Å². The summed E-state index contributed by atoms with van der Waals surface area (Å²) < 4.78 is 30.4. The largest absolute Gasteiger partial charge is 0.461 e. The number of ketones is 2. The fourth-order valence-corrected chi connectivity index (χ4v) is 8.92. The quantitative estimate of drug-likeness (QED) is 0.125. The molecule has 3 fully saturated rings. The van der Waals surface area contributed by atoms with Gasteiger partial charge in [0.15, 0.2) is 34.0 Å². The summed E-state index contributed by atoms with van der Waals surface area (Å²) >= 11 is 1.27. The summed E-state index contributed by atoms with van der Waals surface area (Å²) in [6.45, 7) is 11.7. The Morgan fingerprint density at radius 1 is 1.04 bits per heavy atom. The van der Waals surface area contributed by atoms with Crippen LogP contribution in [0.25, 0.3) is 10.7 Å². The number of ether oxygens (including phenoxy) is 5. The minimum atomic E-state index is -1.21. The monoisotopic (exact) mass is 800 g/mol. The molecule has 3 aliphatic heterocycles. The molecular formula is C39H56N6O10S. The van der Waals surface area contributed by atoms with Gasteiger partial charge in [-0.05, 0) is 66.8 Å². The van der Waals surface area contributed by atoms with Gasteiger partial charge in [0.1, 0.15) is 36.0 Å². The van der Waals surface area contributed by atoms with Gasteiger partial charge in [-0.1, -0.05) is 43.3 Å². The SMILES string of the molecule is CO[C@]1(C)C[C@@H](C)C(=O)[C@H](C)C2C(COC(=O)C(C)C(=O)C(C)[C@H]1OC1CC(N(C)C)CC(C)O1)OC(=O)C2/C(N)=N/OC(C)c1nnc(-c2ccccn2)s1. The molecule has 0 aliphatic carbocycles. The first kappa shape index (κ1) is 43.2. The molecule has 3 saturated heterocycles. The highest BCUT2D eigenvalue weighted by Gasteiger charge is 2.54. The number of oxime groups is 1. The molecule has 0 bridgehead atoms. The van der Waals surface area contributed by atoms with Gasteiger partial charge in [0, 0.05) is 49.4 Å². The van der Waals surface area contributed by atoms with Gasteiger partial charge in [-0.15, -0.1) is 10.2 Å². The van der Waals surface area contributed by atoms with Crippen LogP contribution in [0, 0.1) is 35.5 Å². The molecule has 9 unspecified atom stereocenters. The summed E-state index contributed by atoms with van der Waals surface area (Å²) in [5, 5.41) is 13.6. The molecule has 5 rings (SSSR count). The first-order valence-electron chi connectivity index (χ1n) is 19.2. The molecule has 2 N–H and O–H groups in total. The number of aromatic nitrogens is 3. The highest BCUT2D eigenvalue weighted by Crippen LogP contribution is 2.41. The van der Waals surface area contributed by atoms with Crippen LogP contribution in [0.15, 0.2) is 29.6 Å². The Labute approximate surface area is 332 Å². The lowest BCUT2D eigenvalue weighted by Gasteiger charge is -2.45. The summed E-state index contributed by atoms with van der Waals surface area (Å²) in [6, 6.07) is 5.63. The van der Waals surface area contributed by atoms with Crippen LogP contribution < -0.4 is 5.73 Å². The van der Waals surface area contributed by atoms with Crippen molar-refractivity contribution >= 4 is 40.7 Å². The molecule has 16 nitrogen and oxygen atoms in total. The van der Waals surface area contributed by atoms with Gasteiger partial charge in [-0.3, -0.25) is 24.2 Å². The van der Waals surface area contributed by atoms with Gasteiger partial charge in [0.05, 0.1) is 17.8 Å². The van der Waals surface area contributed by atoms with E-state index in [1.165, 1.54) is 25.4 Å². The van der Waals surface area contributed by atoms with E-state index in [0.29, 0.717) is 22.1 Å². The highest BCUT2D eigenvalue weighted by atomic mass is 32.1. The van der Waals surface area contributed by atoms with E-state index in [1.54, 1.807) is 46.9 Å². The third-order valence-electron chi connectivity index (χ3n) is 11.5. The number of pyridine rings is 1. The van der Waals surface area contributed by atoms with Crippen LogP contribution in [0.5, 0.6) is 0 Å². The number of Topliss-reactive ketones (excluding diaryl/α,β-unsaturated/α-hetero) is 2. The van der Waals surface area contributed by atoms with E-state index in [0.717, 1.165) is 6.42 Å². The molecule has 13 atom stereocenters. The van der Waals surface area contributed by atoms with Crippen LogP contribution in [0.3, 0.4) is 0 Å². The molecule has 5 heterocycles. The highest BCUT2D eigenvalue weighted by molar-refractivity contribution is 7.14. The number of amidine groups is 1. The molecule has 0 aromatic carbocycles. The van der Waals surface area contributed by atoms with Crippen LogP contribution in [0.1, 0.15) is 78.8 Å². The normalized spacial score (nSPS) is 35.7. The number of esters is 2. The number of carbonyl (C=O) groups is 4. The van der Waals surface area contributed by atoms with Gasteiger partial charge < -0.3 is 39.2 Å². The van der Waals surface area contributed by atoms with Crippen molar-refractivity contribution in [2.24, 2.45) is 46.4 Å². The van der Waals surface area contributed by atoms with Crippen LogP contribution >= 0.6 is 11.3 Å². The third-order valence-corrected chi connectivity index (χ3v) is 12.6. The number of hydrogen-bond acceptors (Lipinski definition) is 16. The first-order chi connectivity index (χ1) is 26.4. The maximum Gasteiger partial charge on any atom is 0.317 e. The van der Waals surface area contributed by atoms with Crippen molar-refractivity contribution in [3.8, 4) is 10.7 Å². The van der Waals surface area contributed by atoms with Gasteiger partial charge in [-0.2, -0.15) is 0 Å². The van der Waals surface area contributed by atoms with E-state index in [4.69, 9.17) is 34.3 Å². The number of methoxy groups -OCH3 is 1. The van der Waals surface area contributed by atoms with Gasteiger partial charge >= 0.3 is 11.9 Å². The molecule has 0 amide bonds. The number of fused-ring (bicyclic) bond motifs is 1. The van der Waals surface area contributed by atoms with Crippen LogP contribution in [0.2, 0.25) is 0 Å². The zero-order valence-corrected chi connectivity index (χ0v) is 34.7. The second-order valence-corrected chi connectivity index (χ2v) is 16.8. The van der Waals surface area contributed by atoms with E-state index in [-0.39, 0.29) is 30.2 Å². The van der Waals surface area contributed by atoms with Crippen molar-refractivity contribution in [2.45, 2.75) is 110 Å². The van der Waals surface area contributed by atoms with Gasteiger partial charge in [0.2, 0.25) is 0 Å². The number of rotatable bonds is 9. The Hall–Kier alpha value is -3.90. The van der Waals surface area contributed by atoms with Crippen molar-refractivity contribution in [3.05, 3.63) is 29.4 Å². The standard InChI is InChI=1S/C39H56N6O10S/c1-19-17-39(7,50-10)33(54-28-16-25(45(8)9)15-20(2)52-28)22(4)32(47)23(5)37(48)51-18-27-29(21(3)31(19)46)30(38(49)53-27)34(40)44-55-24(6)35-42-43-36(56-35)26-13-11-12-14-41-26/h11-14,19-25,27-30,33H,15-18H2,1-10H3,(H2,40,44)/t19-,20?,21-,22?,23?,24?,25?,27?,28?,29?,30?,33-,39-/m1/s1. The number of carbonyl (C=O) groups excluding carboxylic acids is 4. The smallest absolute Gasteiger partial charge is 0.317 e. The summed E-state index contributed by atoms with van der Waals surface area (Å²) in [7, 11) is 5.51. The summed E-state index contributed by atoms with van der Waals surface area (Å²) in [4.78, 5) is 67.6. The summed E-state index contributed by atoms with van der Waals surface area (Å²) in [5.74, 6) is -8.03. The second kappa shape index (κ2) is 18.1. The average Bonchev–Trinajstić information content (AvgIpc) is 3.81. The Bertz CT molecular complexity index is 1740. The lowest BCUT2D eigenvalue weighted by atomic mass is 9.72. The molecule has 2 aromatic heterocycles. The van der Waals surface area contributed by atoms with Crippen LogP contribution in [-0.4, -0.2) is 113 Å². The number of nitrogens with two attached hydrogens (primary N) is 1. The lowest BCUT2D eigenvalue weighted by molar-refractivity contribution is -0.262. The van der Waals surface area contributed by atoms with Crippen molar-refractivity contribution < 1.29 is 47.7 Å². The summed E-state index contributed by atoms with van der Waals surface area (Å²) in [5.41, 5.74) is 5.92. The van der Waals surface area contributed by atoms with Crippen molar-refractivity contribution in [1.29, 1.82) is 0 Å². The molecule has 308 valence electrons. The van der Waals surface area contributed by atoms with Gasteiger partial charge in [-0.25, -0.2) is 0 Å². The zero-order chi connectivity index (χ0) is 41.1. The molecule has 56 heavy (non-hydrogen) atoms. The number of cyclic esters (lactones) is 1. The van der Waals surface area contributed by atoms with Crippen molar-refractivity contribution in [1.82, 2.24) is 20.1 Å². The molecular weight excluding hydrogens is 745 g/mol. The Morgan fingerprint density at radius 3 is 2.43 bits per heavy atom. The average molecular weight is 801 g/mol. The summed E-state index contributed by atoms with van der Waals surface area (Å²) in [6.07, 6.45) is -0.264. The topological polar surface area (TPSA) is 204 Å².